The Bertz CT molecular complexity index is 566. The molecule has 1 aromatic heterocycles. The standard InChI is InChI=1S/C17H23NO4/c1-3-8-21-16-11-18-13(4-2)10-12(16)5-6-14-15(19)7-9-22-17(14)20/h10-11,19H,3-9H2,1-2H3. The largest absolute Gasteiger partial charge is 0.512 e. The zero-order chi connectivity index (χ0) is 15.9. The van der Waals surface area contributed by atoms with Gasteiger partial charge in [-0.3, -0.25) is 4.98 Å². The molecule has 5 nitrogen and oxygen atoms in total. The highest BCUT2D eigenvalue weighted by molar-refractivity contribution is 5.89. The Labute approximate surface area is 131 Å². The van der Waals surface area contributed by atoms with Crippen molar-refractivity contribution in [3.05, 3.63) is 34.9 Å². The molecule has 0 amide bonds. The number of aliphatic hydroxyl groups is 1. The molecule has 22 heavy (non-hydrogen) atoms. The van der Waals surface area contributed by atoms with Crippen LogP contribution in [-0.4, -0.2) is 29.3 Å². The molecule has 0 spiro atoms. The number of hydrogen-bond acceptors (Lipinski definition) is 5. The maximum atomic E-state index is 11.7. The number of aromatic nitrogens is 1. The average molecular weight is 305 g/mol. The average Bonchev–Trinajstić information content (AvgIpc) is 2.53. The highest BCUT2D eigenvalue weighted by atomic mass is 16.5. The topological polar surface area (TPSA) is 68.7 Å². The molecule has 0 radical (unpaired) electrons. The van der Waals surface area contributed by atoms with E-state index < -0.39 is 5.97 Å². The summed E-state index contributed by atoms with van der Waals surface area (Å²) in [5.41, 5.74) is 2.38. The number of carbonyl (C=O) groups excluding carboxylic acids is 1. The second-order valence-corrected chi connectivity index (χ2v) is 5.30. The third-order valence-electron chi connectivity index (χ3n) is 3.64. The highest BCUT2D eigenvalue weighted by Gasteiger charge is 2.22. The number of nitrogens with zero attached hydrogens (tertiary/aromatic N) is 1. The number of carbonyl (C=O) groups is 1. The number of ether oxygens (including phenoxy) is 2. The molecule has 0 aliphatic carbocycles. The molecule has 0 saturated carbocycles. The molecule has 1 aliphatic rings. The van der Waals surface area contributed by atoms with E-state index in [2.05, 4.69) is 4.98 Å². The number of aryl methyl sites for hydroxylation is 2. The number of esters is 1. The quantitative estimate of drug-likeness (QED) is 0.784. The molecule has 0 unspecified atom stereocenters. The molecule has 1 aromatic rings. The third kappa shape index (κ3) is 4.00. The summed E-state index contributed by atoms with van der Waals surface area (Å²) in [7, 11) is 0. The Morgan fingerprint density at radius 1 is 1.36 bits per heavy atom. The van der Waals surface area contributed by atoms with Gasteiger partial charge >= 0.3 is 5.97 Å². The molecule has 1 aliphatic heterocycles. The van der Waals surface area contributed by atoms with Gasteiger partial charge in [-0.2, -0.15) is 0 Å². The third-order valence-corrected chi connectivity index (χ3v) is 3.64. The maximum Gasteiger partial charge on any atom is 0.337 e. The van der Waals surface area contributed by atoms with Crippen LogP contribution in [-0.2, 0) is 22.4 Å². The second-order valence-electron chi connectivity index (χ2n) is 5.30. The van der Waals surface area contributed by atoms with Crippen LogP contribution >= 0.6 is 0 Å². The minimum atomic E-state index is -0.412. The predicted octanol–water partition coefficient (Wildman–Crippen LogP) is 3.12. The Kier molecular flexibility index (Phi) is 5.81. The molecule has 0 fully saturated rings. The van der Waals surface area contributed by atoms with Crippen molar-refractivity contribution < 1.29 is 19.4 Å². The van der Waals surface area contributed by atoms with Crippen LogP contribution in [0.15, 0.2) is 23.6 Å². The number of cyclic esters (lactones) is 1. The van der Waals surface area contributed by atoms with Crippen molar-refractivity contribution in [2.45, 2.75) is 46.0 Å². The lowest BCUT2D eigenvalue weighted by atomic mass is 10.0. The van der Waals surface area contributed by atoms with Crippen molar-refractivity contribution in [2.75, 3.05) is 13.2 Å². The normalized spacial score (nSPS) is 14.9. The Balaban J connectivity index is 2.14. The Hall–Kier alpha value is -2.04. The minimum Gasteiger partial charge on any atom is -0.512 e. The Morgan fingerprint density at radius 2 is 2.18 bits per heavy atom. The van der Waals surface area contributed by atoms with Crippen LogP contribution in [0.2, 0.25) is 0 Å². The monoisotopic (exact) mass is 305 g/mol. The first-order valence-electron chi connectivity index (χ1n) is 7.84. The van der Waals surface area contributed by atoms with E-state index >= 15 is 0 Å². The molecule has 5 heteroatoms. The molecule has 2 heterocycles. The summed E-state index contributed by atoms with van der Waals surface area (Å²) in [5, 5.41) is 9.86. The van der Waals surface area contributed by atoms with Crippen molar-refractivity contribution >= 4 is 5.97 Å². The summed E-state index contributed by atoms with van der Waals surface area (Å²) >= 11 is 0. The lowest BCUT2D eigenvalue weighted by Crippen LogP contribution is -2.18. The summed E-state index contributed by atoms with van der Waals surface area (Å²) in [6, 6.07) is 2.01. The smallest absolute Gasteiger partial charge is 0.337 e. The SMILES string of the molecule is CCCOc1cnc(CC)cc1CCC1=C(O)CCOC1=O. The van der Waals surface area contributed by atoms with Crippen molar-refractivity contribution in [3.8, 4) is 5.75 Å². The molecule has 0 saturated heterocycles. The van der Waals surface area contributed by atoms with Crippen molar-refractivity contribution in [1.29, 1.82) is 0 Å². The molecule has 0 aromatic carbocycles. The summed E-state index contributed by atoms with van der Waals surface area (Å²) in [4.78, 5) is 16.1. The first kappa shape index (κ1) is 16.3. The fraction of sp³-hybridized carbons (Fsp3) is 0.529. The first-order chi connectivity index (χ1) is 10.7. The predicted molar refractivity (Wildman–Crippen MR) is 83.0 cm³/mol. The van der Waals surface area contributed by atoms with E-state index in [0.717, 1.165) is 29.8 Å². The number of pyridine rings is 1. The first-order valence-corrected chi connectivity index (χ1v) is 7.84. The lowest BCUT2D eigenvalue weighted by Gasteiger charge is -2.17. The molecule has 2 rings (SSSR count). The van der Waals surface area contributed by atoms with Gasteiger partial charge in [0, 0.05) is 12.1 Å². The number of rotatable bonds is 7. The van der Waals surface area contributed by atoms with E-state index in [9.17, 15) is 9.90 Å². The van der Waals surface area contributed by atoms with E-state index in [1.54, 1.807) is 6.20 Å². The maximum absolute atomic E-state index is 11.7. The van der Waals surface area contributed by atoms with E-state index in [1.165, 1.54) is 0 Å². The van der Waals surface area contributed by atoms with E-state index in [1.807, 2.05) is 19.9 Å². The molecule has 120 valence electrons. The van der Waals surface area contributed by atoms with Gasteiger partial charge in [-0.1, -0.05) is 13.8 Å². The van der Waals surface area contributed by atoms with Crippen LogP contribution in [0.5, 0.6) is 5.75 Å². The lowest BCUT2D eigenvalue weighted by molar-refractivity contribution is -0.140. The van der Waals surface area contributed by atoms with E-state index in [-0.39, 0.29) is 12.4 Å². The van der Waals surface area contributed by atoms with Crippen LogP contribution in [0.1, 0.15) is 44.4 Å². The summed E-state index contributed by atoms with van der Waals surface area (Å²) < 4.78 is 10.7. The summed E-state index contributed by atoms with van der Waals surface area (Å²) in [6.07, 6.45) is 4.97. The highest BCUT2D eigenvalue weighted by Crippen LogP contribution is 2.25. The van der Waals surface area contributed by atoms with Gasteiger partial charge in [-0.25, -0.2) is 4.79 Å². The number of aliphatic hydroxyl groups excluding tert-OH is 1. The van der Waals surface area contributed by atoms with Crippen molar-refractivity contribution in [2.24, 2.45) is 0 Å². The van der Waals surface area contributed by atoms with Gasteiger partial charge in [0.05, 0.1) is 25.0 Å². The summed E-state index contributed by atoms with van der Waals surface area (Å²) in [5.74, 6) is 0.491. The molecule has 1 N–H and O–H groups in total. The fourth-order valence-corrected chi connectivity index (χ4v) is 2.37. The van der Waals surface area contributed by atoms with Gasteiger partial charge in [0.15, 0.2) is 0 Å². The minimum absolute atomic E-state index is 0.150. The van der Waals surface area contributed by atoms with Gasteiger partial charge in [-0.05, 0) is 37.3 Å². The summed E-state index contributed by atoms with van der Waals surface area (Å²) in [6.45, 7) is 4.99. The van der Waals surface area contributed by atoms with Crippen LogP contribution < -0.4 is 4.74 Å². The van der Waals surface area contributed by atoms with Crippen LogP contribution in [0, 0.1) is 0 Å². The Morgan fingerprint density at radius 3 is 2.86 bits per heavy atom. The van der Waals surface area contributed by atoms with Gasteiger partial charge in [0.25, 0.3) is 0 Å². The van der Waals surface area contributed by atoms with Gasteiger partial charge in [0.1, 0.15) is 11.5 Å². The van der Waals surface area contributed by atoms with Gasteiger partial charge in [-0.15, -0.1) is 0 Å². The molecular formula is C17H23NO4. The van der Waals surface area contributed by atoms with Crippen LogP contribution in [0.3, 0.4) is 0 Å². The van der Waals surface area contributed by atoms with E-state index in [0.29, 0.717) is 31.4 Å². The zero-order valence-corrected chi connectivity index (χ0v) is 13.2. The second kappa shape index (κ2) is 7.82. The zero-order valence-electron chi connectivity index (χ0n) is 13.2. The van der Waals surface area contributed by atoms with Crippen LogP contribution in [0.4, 0.5) is 0 Å². The van der Waals surface area contributed by atoms with Gasteiger partial charge < -0.3 is 14.6 Å². The molecule has 0 bridgehead atoms. The van der Waals surface area contributed by atoms with Gasteiger partial charge in [0.2, 0.25) is 0 Å². The fourth-order valence-electron chi connectivity index (χ4n) is 2.37. The molecular weight excluding hydrogens is 282 g/mol. The van der Waals surface area contributed by atoms with E-state index in [4.69, 9.17) is 9.47 Å². The number of hydrogen-bond donors (Lipinski definition) is 1. The van der Waals surface area contributed by atoms with Crippen molar-refractivity contribution in [3.63, 3.8) is 0 Å². The van der Waals surface area contributed by atoms with Crippen molar-refractivity contribution in [1.82, 2.24) is 4.98 Å². The van der Waals surface area contributed by atoms with Crippen LogP contribution in [0.25, 0.3) is 0 Å². The molecule has 0 atom stereocenters.